The molecule has 3 heterocycles. The van der Waals surface area contributed by atoms with Crippen LogP contribution >= 0.6 is 11.3 Å². The number of nitrogens with zero attached hydrogens (tertiary/aromatic N) is 2. The third kappa shape index (κ3) is 3.16. The highest BCUT2D eigenvalue weighted by Crippen LogP contribution is 2.42. The molecule has 9 heteroatoms. The van der Waals surface area contributed by atoms with E-state index in [1.807, 2.05) is 13.8 Å². The maximum Gasteiger partial charge on any atom is 0.424 e. The van der Waals surface area contributed by atoms with Crippen molar-refractivity contribution in [3.05, 3.63) is 40.4 Å². The van der Waals surface area contributed by atoms with Gasteiger partial charge in [-0.05, 0) is 38.5 Å². The zero-order valence-corrected chi connectivity index (χ0v) is 15.3. The molecule has 1 unspecified atom stereocenters. The number of nitrogens with one attached hydrogen (secondary N) is 1. The summed E-state index contributed by atoms with van der Waals surface area (Å²) < 4.78 is 45.5. The lowest BCUT2D eigenvalue weighted by Gasteiger charge is -2.28. The molecule has 0 saturated heterocycles. The fourth-order valence-electron chi connectivity index (χ4n) is 2.74. The van der Waals surface area contributed by atoms with E-state index in [9.17, 15) is 18.3 Å². The first kappa shape index (κ1) is 18.7. The zero-order chi connectivity index (χ0) is 19.1. The van der Waals surface area contributed by atoms with Crippen LogP contribution < -0.4 is 5.32 Å². The van der Waals surface area contributed by atoms with Crippen LogP contribution in [0, 0.1) is 20.8 Å². The van der Waals surface area contributed by atoms with E-state index in [0.717, 1.165) is 26.7 Å². The predicted octanol–water partition coefficient (Wildman–Crippen LogP) is 4.46. The van der Waals surface area contributed by atoms with Crippen LogP contribution in [-0.4, -0.2) is 27.8 Å². The monoisotopic (exact) mass is 385 g/mol. The molecule has 0 spiro atoms. The van der Waals surface area contributed by atoms with Crippen LogP contribution in [0.4, 0.5) is 19.0 Å². The minimum atomic E-state index is -4.87. The predicted molar refractivity (Wildman–Crippen MR) is 93.4 cm³/mol. The van der Waals surface area contributed by atoms with E-state index in [-0.39, 0.29) is 6.54 Å². The third-order valence-corrected chi connectivity index (χ3v) is 5.48. The fourth-order valence-corrected chi connectivity index (χ4v) is 3.74. The first-order valence-corrected chi connectivity index (χ1v) is 8.75. The van der Waals surface area contributed by atoms with Gasteiger partial charge >= 0.3 is 6.18 Å². The van der Waals surface area contributed by atoms with Gasteiger partial charge in [-0.25, -0.2) is 9.97 Å². The summed E-state index contributed by atoms with van der Waals surface area (Å²) in [7, 11) is 0. The Morgan fingerprint density at radius 1 is 1.19 bits per heavy atom. The van der Waals surface area contributed by atoms with Gasteiger partial charge in [0.05, 0.1) is 5.39 Å². The molecule has 0 aliphatic heterocycles. The number of furan rings is 1. The number of rotatable bonds is 5. The maximum absolute atomic E-state index is 13.5. The molecule has 0 bridgehead atoms. The van der Waals surface area contributed by atoms with E-state index in [1.54, 1.807) is 0 Å². The Balaban J connectivity index is 1.83. The minimum Gasteiger partial charge on any atom is -0.463 e. The van der Waals surface area contributed by atoms with Gasteiger partial charge in [0.2, 0.25) is 5.60 Å². The molecular formula is C17H18F3N3O2S. The third-order valence-electron chi connectivity index (χ3n) is 4.36. The summed E-state index contributed by atoms with van der Waals surface area (Å²) in [6.45, 7) is 5.25. The van der Waals surface area contributed by atoms with Crippen molar-refractivity contribution in [2.24, 2.45) is 0 Å². The van der Waals surface area contributed by atoms with Crippen molar-refractivity contribution in [1.29, 1.82) is 0 Å². The van der Waals surface area contributed by atoms with Crippen LogP contribution in [-0.2, 0) is 5.60 Å². The van der Waals surface area contributed by atoms with Gasteiger partial charge in [-0.15, -0.1) is 11.3 Å². The number of fused-ring (bicyclic) bond motifs is 1. The summed E-state index contributed by atoms with van der Waals surface area (Å²) in [5.41, 5.74) is -2.08. The molecule has 0 fully saturated rings. The molecular weight excluding hydrogens is 367 g/mol. The van der Waals surface area contributed by atoms with Crippen molar-refractivity contribution in [3.63, 3.8) is 0 Å². The largest absolute Gasteiger partial charge is 0.463 e. The Morgan fingerprint density at radius 3 is 2.54 bits per heavy atom. The number of aliphatic hydroxyl groups is 1. The van der Waals surface area contributed by atoms with Crippen molar-refractivity contribution >= 4 is 27.4 Å². The highest BCUT2D eigenvalue weighted by Gasteiger charge is 2.56. The number of aromatic nitrogens is 2. The average molecular weight is 385 g/mol. The number of alkyl halides is 3. The quantitative estimate of drug-likeness (QED) is 0.678. The average Bonchev–Trinajstić information content (AvgIpc) is 3.11. The topological polar surface area (TPSA) is 71.2 Å². The van der Waals surface area contributed by atoms with Crippen LogP contribution in [0.2, 0.25) is 0 Å². The molecule has 140 valence electrons. The van der Waals surface area contributed by atoms with Crippen LogP contribution in [0.1, 0.15) is 28.4 Å². The normalized spacial score (nSPS) is 14.6. The van der Waals surface area contributed by atoms with Crippen LogP contribution in [0.15, 0.2) is 22.9 Å². The van der Waals surface area contributed by atoms with E-state index >= 15 is 0 Å². The van der Waals surface area contributed by atoms with Crippen LogP contribution in [0.25, 0.3) is 10.2 Å². The molecule has 3 rings (SSSR count). The van der Waals surface area contributed by atoms with E-state index in [0.29, 0.717) is 11.6 Å². The zero-order valence-electron chi connectivity index (χ0n) is 14.4. The van der Waals surface area contributed by atoms with Gasteiger partial charge < -0.3 is 14.8 Å². The van der Waals surface area contributed by atoms with Crippen molar-refractivity contribution in [2.75, 3.05) is 11.9 Å². The molecule has 3 aromatic heterocycles. The lowest BCUT2D eigenvalue weighted by atomic mass is 9.95. The summed E-state index contributed by atoms with van der Waals surface area (Å²) in [5, 5.41) is 14.0. The Kier molecular flexibility index (Phi) is 4.70. The Morgan fingerprint density at radius 2 is 1.92 bits per heavy atom. The number of hydrogen-bond acceptors (Lipinski definition) is 6. The van der Waals surface area contributed by atoms with Gasteiger partial charge in [0.15, 0.2) is 0 Å². The number of thiophene rings is 1. The highest BCUT2D eigenvalue weighted by atomic mass is 32.1. The SMILES string of the molecule is Cc1ccc(C(O)(CCNc2ncnc3sc(C)c(C)c23)C(F)(F)F)o1. The van der Waals surface area contributed by atoms with E-state index < -0.39 is 24.0 Å². The summed E-state index contributed by atoms with van der Waals surface area (Å²) in [6.07, 6.45) is -4.11. The van der Waals surface area contributed by atoms with Gasteiger partial charge in [0.25, 0.3) is 0 Å². The van der Waals surface area contributed by atoms with Crippen molar-refractivity contribution < 1.29 is 22.7 Å². The lowest BCUT2D eigenvalue weighted by molar-refractivity contribution is -0.274. The van der Waals surface area contributed by atoms with Crippen molar-refractivity contribution in [2.45, 2.75) is 39.0 Å². The molecule has 3 aromatic rings. The molecule has 26 heavy (non-hydrogen) atoms. The fraction of sp³-hybridized carbons (Fsp3) is 0.412. The molecule has 0 amide bonds. The first-order chi connectivity index (χ1) is 12.1. The van der Waals surface area contributed by atoms with Gasteiger partial charge in [-0.1, -0.05) is 0 Å². The van der Waals surface area contributed by atoms with E-state index in [4.69, 9.17) is 4.42 Å². The second kappa shape index (κ2) is 6.55. The smallest absolute Gasteiger partial charge is 0.424 e. The number of halogens is 3. The molecule has 5 nitrogen and oxygen atoms in total. The second-order valence-electron chi connectivity index (χ2n) is 6.13. The number of hydrogen-bond donors (Lipinski definition) is 2. The Bertz CT molecular complexity index is 935. The van der Waals surface area contributed by atoms with Crippen molar-refractivity contribution in [1.82, 2.24) is 9.97 Å². The van der Waals surface area contributed by atoms with Gasteiger partial charge in [0, 0.05) is 17.8 Å². The molecule has 0 aliphatic carbocycles. The first-order valence-electron chi connectivity index (χ1n) is 7.94. The molecule has 1 atom stereocenters. The Hall–Kier alpha value is -2.13. The van der Waals surface area contributed by atoms with Crippen LogP contribution in [0.3, 0.4) is 0 Å². The number of aryl methyl sites for hydroxylation is 3. The highest BCUT2D eigenvalue weighted by molar-refractivity contribution is 7.18. The summed E-state index contributed by atoms with van der Waals surface area (Å²) in [6, 6.07) is 2.54. The standard InChI is InChI=1S/C17H18F3N3O2S/c1-9-4-5-12(25-9)16(24,17(18,19)20)6-7-21-14-13-10(2)11(3)26-15(13)23-8-22-14/h4-5,8,24H,6-7H2,1-3H3,(H,21,22,23). The number of anilines is 1. The lowest BCUT2D eigenvalue weighted by Crippen LogP contribution is -2.43. The Labute approximate surface area is 151 Å². The molecule has 0 saturated carbocycles. The van der Waals surface area contributed by atoms with Crippen LogP contribution in [0.5, 0.6) is 0 Å². The molecule has 0 aromatic carbocycles. The summed E-state index contributed by atoms with van der Waals surface area (Å²) in [4.78, 5) is 10.2. The minimum absolute atomic E-state index is 0.143. The maximum atomic E-state index is 13.5. The van der Waals surface area contributed by atoms with E-state index in [1.165, 1.54) is 30.7 Å². The molecule has 2 N–H and O–H groups in total. The van der Waals surface area contributed by atoms with Crippen molar-refractivity contribution in [3.8, 4) is 0 Å². The van der Waals surface area contributed by atoms with Gasteiger partial charge in [0.1, 0.15) is 28.5 Å². The van der Waals surface area contributed by atoms with E-state index in [2.05, 4.69) is 15.3 Å². The molecule has 0 radical (unpaired) electrons. The van der Waals surface area contributed by atoms with Gasteiger partial charge in [-0.3, -0.25) is 0 Å². The summed E-state index contributed by atoms with van der Waals surface area (Å²) >= 11 is 1.50. The molecule has 0 aliphatic rings. The second-order valence-corrected chi connectivity index (χ2v) is 7.33. The van der Waals surface area contributed by atoms with Gasteiger partial charge in [-0.2, -0.15) is 13.2 Å². The summed E-state index contributed by atoms with van der Waals surface area (Å²) in [5.74, 6) is 0.245.